The number of unbranched alkanes of at least 4 members (excludes halogenated alkanes) is 5. The Morgan fingerprint density at radius 1 is 1.07 bits per heavy atom. The number of aliphatic hydroxyl groups is 1. The van der Waals surface area contributed by atoms with Crippen LogP contribution in [0.4, 0.5) is 9.18 Å². The molecule has 5 N–H and O–H groups in total. The Labute approximate surface area is 327 Å². The number of β-amino-alcohol motifs (C(OH)–C–C–N with tert-alkyl or cyclic N) is 1. The zero-order valence-corrected chi connectivity index (χ0v) is 33.5. The molecule has 0 bridgehead atoms. The van der Waals surface area contributed by atoms with Gasteiger partial charge in [0.2, 0.25) is 11.8 Å². The molecule has 304 valence electrons. The average Bonchev–Trinajstić information content (AvgIpc) is 3.54. The number of benzene rings is 1. The topological polar surface area (TPSA) is 173 Å². The largest absolute Gasteiger partial charge is 0.493 e. The lowest BCUT2D eigenvalue weighted by molar-refractivity contribution is -0.145. The standard InChI is InChI=1S/C40H59FN6O7S/c1-26-33(55-25-43-26)27-11-12-28(32(21-27)54-20-10-8-6-5-7-9-17-46-18-13-29(14-19-46)44-38(52)53)23-42-35(49)31-22-30(48)24-47(31)36(50)34(39(2,3)4)45-37(51)40(41)15-16-40/h11-12,21,25,29-31,34,44,48H,5-10,13-20,22-24H2,1-4H3,(H,42,49)(H,45,51)(H,52,53)/t30-,31+,34?/m1/s1. The molecule has 3 atom stereocenters. The Balaban J connectivity index is 1.12. The molecule has 3 fully saturated rings. The van der Waals surface area contributed by atoms with Gasteiger partial charge in [0.05, 0.1) is 28.8 Å². The van der Waals surface area contributed by atoms with Crippen molar-refractivity contribution in [1.29, 1.82) is 0 Å². The van der Waals surface area contributed by atoms with Crippen LogP contribution in [0.5, 0.6) is 5.75 Å². The van der Waals surface area contributed by atoms with Crippen LogP contribution in [0.2, 0.25) is 0 Å². The maximum absolute atomic E-state index is 14.6. The number of carbonyl (C=O) groups excluding carboxylic acids is 3. The van der Waals surface area contributed by atoms with E-state index in [2.05, 4.69) is 25.8 Å². The second-order valence-corrected chi connectivity index (χ2v) is 17.3. The molecule has 15 heteroatoms. The fourth-order valence-electron chi connectivity index (χ4n) is 7.38. The van der Waals surface area contributed by atoms with Gasteiger partial charge in [0.15, 0.2) is 5.67 Å². The number of aromatic nitrogens is 1. The lowest BCUT2D eigenvalue weighted by Gasteiger charge is -2.35. The number of ether oxygens (including phenoxy) is 1. The number of alkyl halides is 1. The molecule has 2 aliphatic heterocycles. The van der Waals surface area contributed by atoms with Gasteiger partial charge in [0.1, 0.15) is 17.8 Å². The van der Waals surface area contributed by atoms with E-state index in [4.69, 9.17) is 9.84 Å². The summed E-state index contributed by atoms with van der Waals surface area (Å²) < 4.78 is 20.9. The first-order valence-electron chi connectivity index (χ1n) is 19.8. The molecular formula is C40H59FN6O7S. The molecule has 0 radical (unpaired) electrons. The Morgan fingerprint density at radius 3 is 2.40 bits per heavy atom. The number of likely N-dealkylation sites (tertiary alicyclic amines) is 2. The van der Waals surface area contributed by atoms with Crippen molar-refractivity contribution in [3.8, 4) is 16.2 Å². The van der Waals surface area contributed by atoms with Crippen LogP contribution in [0.25, 0.3) is 10.4 Å². The van der Waals surface area contributed by atoms with Crippen molar-refractivity contribution in [2.24, 2.45) is 5.41 Å². The van der Waals surface area contributed by atoms with E-state index < -0.39 is 53.1 Å². The van der Waals surface area contributed by atoms with Gasteiger partial charge in [-0.25, -0.2) is 14.2 Å². The Kier molecular flexibility index (Phi) is 14.5. The highest BCUT2D eigenvalue weighted by molar-refractivity contribution is 7.13. The lowest BCUT2D eigenvalue weighted by Crippen LogP contribution is -2.59. The average molecular weight is 787 g/mol. The van der Waals surface area contributed by atoms with E-state index in [0.29, 0.717) is 12.4 Å². The smallest absolute Gasteiger partial charge is 0.404 e. The predicted octanol–water partition coefficient (Wildman–Crippen LogP) is 5.18. The van der Waals surface area contributed by atoms with E-state index in [-0.39, 0.29) is 38.4 Å². The zero-order valence-electron chi connectivity index (χ0n) is 32.7. The highest BCUT2D eigenvalue weighted by atomic mass is 32.1. The molecular weight excluding hydrogens is 728 g/mol. The van der Waals surface area contributed by atoms with Crippen LogP contribution in [0.15, 0.2) is 23.7 Å². The van der Waals surface area contributed by atoms with Crippen molar-refractivity contribution in [2.75, 3.05) is 32.8 Å². The number of nitrogens with zero attached hydrogens (tertiary/aromatic N) is 3. The molecule has 55 heavy (non-hydrogen) atoms. The van der Waals surface area contributed by atoms with Crippen LogP contribution in [0.1, 0.15) is 103 Å². The van der Waals surface area contributed by atoms with Crippen LogP contribution in [-0.2, 0) is 20.9 Å². The Bertz CT molecular complexity index is 1640. The number of thiazole rings is 1. The summed E-state index contributed by atoms with van der Waals surface area (Å²) in [5, 5.41) is 27.6. The summed E-state index contributed by atoms with van der Waals surface area (Å²) >= 11 is 1.55. The minimum atomic E-state index is -1.95. The molecule has 1 unspecified atom stereocenters. The maximum Gasteiger partial charge on any atom is 0.404 e. The molecule has 1 aliphatic carbocycles. The second kappa shape index (κ2) is 18.9. The van der Waals surface area contributed by atoms with Crippen LogP contribution < -0.4 is 20.7 Å². The van der Waals surface area contributed by atoms with Gasteiger partial charge < -0.3 is 40.7 Å². The first kappa shape index (κ1) is 42.3. The summed E-state index contributed by atoms with van der Waals surface area (Å²) in [5.74, 6) is -1.12. The third-order valence-electron chi connectivity index (χ3n) is 10.9. The first-order valence-corrected chi connectivity index (χ1v) is 20.7. The second-order valence-electron chi connectivity index (χ2n) is 16.5. The number of aliphatic hydroxyl groups excluding tert-OH is 1. The molecule has 1 aromatic heterocycles. The number of rotatable bonds is 18. The number of amides is 4. The fourth-order valence-corrected chi connectivity index (χ4v) is 8.18. The number of carbonyl (C=O) groups is 4. The number of piperidine rings is 1. The number of nitrogens with one attached hydrogen (secondary N) is 3. The van der Waals surface area contributed by atoms with E-state index in [0.717, 1.165) is 92.7 Å². The van der Waals surface area contributed by atoms with Gasteiger partial charge in [-0.3, -0.25) is 14.4 Å². The molecule has 1 saturated carbocycles. The molecule has 4 amide bonds. The van der Waals surface area contributed by atoms with Crippen molar-refractivity contribution in [1.82, 2.24) is 30.7 Å². The zero-order chi connectivity index (χ0) is 39.8. The molecule has 2 aromatic rings. The lowest BCUT2D eigenvalue weighted by atomic mass is 9.85. The number of halogens is 1. The number of aryl methyl sites for hydroxylation is 1. The first-order chi connectivity index (χ1) is 26.1. The van der Waals surface area contributed by atoms with E-state index in [9.17, 15) is 28.7 Å². The minimum absolute atomic E-state index is 0.0490. The van der Waals surface area contributed by atoms with Gasteiger partial charge in [0.25, 0.3) is 5.91 Å². The van der Waals surface area contributed by atoms with Crippen LogP contribution >= 0.6 is 11.3 Å². The molecule has 0 spiro atoms. The van der Waals surface area contributed by atoms with E-state index in [1.165, 1.54) is 4.90 Å². The highest BCUT2D eigenvalue weighted by Gasteiger charge is 2.53. The van der Waals surface area contributed by atoms with Gasteiger partial charge in [0, 0.05) is 44.2 Å². The van der Waals surface area contributed by atoms with Crippen molar-refractivity contribution in [3.05, 3.63) is 35.0 Å². The van der Waals surface area contributed by atoms with E-state index >= 15 is 0 Å². The SMILES string of the molecule is Cc1ncsc1-c1ccc(CNC(=O)[C@@H]2C[C@@H](O)CN2C(=O)C(NC(=O)C2(F)CC2)C(C)(C)C)c(OCCCCCCCCN2CCC(NC(=O)O)CC2)c1. The van der Waals surface area contributed by atoms with Crippen molar-refractivity contribution in [2.45, 2.75) is 135 Å². The Morgan fingerprint density at radius 2 is 1.76 bits per heavy atom. The van der Waals surface area contributed by atoms with Gasteiger partial charge in [-0.05, 0) is 69.0 Å². The van der Waals surface area contributed by atoms with Crippen LogP contribution in [-0.4, -0.2) is 111 Å². The molecule has 3 heterocycles. The monoisotopic (exact) mass is 786 g/mol. The van der Waals surface area contributed by atoms with Crippen molar-refractivity contribution in [3.63, 3.8) is 0 Å². The predicted molar refractivity (Wildman–Crippen MR) is 209 cm³/mol. The normalized spacial score (nSPS) is 20.5. The van der Waals surface area contributed by atoms with Gasteiger partial charge in [-0.1, -0.05) is 58.6 Å². The van der Waals surface area contributed by atoms with E-state index in [1.807, 2.05) is 25.1 Å². The van der Waals surface area contributed by atoms with Crippen LogP contribution in [0, 0.1) is 12.3 Å². The maximum atomic E-state index is 14.6. The van der Waals surface area contributed by atoms with Crippen molar-refractivity contribution < 1.29 is 38.5 Å². The third kappa shape index (κ3) is 11.8. The number of hydrogen-bond donors (Lipinski definition) is 5. The molecule has 2 saturated heterocycles. The van der Waals surface area contributed by atoms with Gasteiger partial charge in [-0.2, -0.15) is 0 Å². The third-order valence-corrected chi connectivity index (χ3v) is 11.9. The summed E-state index contributed by atoms with van der Waals surface area (Å²) in [6.07, 6.45) is 6.59. The molecule has 3 aliphatic rings. The van der Waals surface area contributed by atoms with E-state index in [1.54, 1.807) is 37.6 Å². The number of hydrogen-bond acceptors (Lipinski definition) is 9. The highest BCUT2D eigenvalue weighted by Crippen LogP contribution is 2.40. The Hall–Kier alpha value is -3.82. The molecule has 5 rings (SSSR count). The summed E-state index contributed by atoms with van der Waals surface area (Å²) in [6.45, 7) is 10.8. The summed E-state index contributed by atoms with van der Waals surface area (Å²) in [6, 6.07) is 3.92. The summed E-state index contributed by atoms with van der Waals surface area (Å²) in [4.78, 5) is 60.2. The van der Waals surface area contributed by atoms with Crippen LogP contribution in [0.3, 0.4) is 0 Å². The molecule has 13 nitrogen and oxygen atoms in total. The molecule has 1 aromatic carbocycles. The fraction of sp³-hybridized carbons (Fsp3) is 0.675. The minimum Gasteiger partial charge on any atom is -0.493 e. The summed E-state index contributed by atoms with van der Waals surface area (Å²) in [5.41, 5.74) is 1.76. The van der Waals surface area contributed by atoms with Crippen molar-refractivity contribution >= 4 is 35.2 Å². The van der Waals surface area contributed by atoms with Gasteiger partial charge >= 0.3 is 6.09 Å². The summed E-state index contributed by atoms with van der Waals surface area (Å²) in [7, 11) is 0. The number of carboxylic acid groups (broad SMARTS) is 1. The quantitative estimate of drug-likeness (QED) is 0.128. The van der Waals surface area contributed by atoms with Gasteiger partial charge in [-0.15, -0.1) is 11.3 Å².